The highest BCUT2D eigenvalue weighted by atomic mass is 16.3. The lowest BCUT2D eigenvalue weighted by molar-refractivity contribution is 0.173. The molecule has 1 N–H and O–H groups in total. The summed E-state index contributed by atoms with van der Waals surface area (Å²) < 4.78 is 6.05. The molecule has 1 aliphatic rings. The molecule has 0 radical (unpaired) electrons. The number of hydrogen-bond donors (Lipinski definition) is 1. The molecule has 3 nitrogen and oxygen atoms in total. The second kappa shape index (κ2) is 6.20. The van der Waals surface area contributed by atoms with Crippen molar-refractivity contribution in [1.29, 1.82) is 0 Å². The van der Waals surface area contributed by atoms with Crippen LogP contribution in [0.5, 0.6) is 0 Å². The summed E-state index contributed by atoms with van der Waals surface area (Å²) in [4.78, 5) is 2.65. The summed E-state index contributed by atoms with van der Waals surface area (Å²) in [5, 5.41) is 4.63. The summed E-state index contributed by atoms with van der Waals surface area (Å²) in [6.07, 6.45) is 3.88. The SMILES string of the molecule is CCC1CCC(C)N1CC(NC)c1cc2ccccc2o1. The Morgan fingerprint density at radius 1 is 1.33 bits per heavy atom. The molecule has 1 fully saturated rings. The third-order valence-electron chi connectivity index (χ3n) is 4.95. The van der Waals surface area contributed by atoms with Crippen molar-refractivity contribution in [3.63, 3.8) is 0 Å². The average Bonchev–Trinajstić information content (AvgIpc) is 3.08. The monoisotopic (exact) mass is 286 g/mol. The van der Waals surface area contributed by atoms with Gasteiger partial charge in [0.15, 0.2) is 0 Å². The van der Waals surface area contributed by atoms with Gasteiger partial charge < -0.3 is 9.73 Å². The van der Waals surface area contributed by atoms with E-state index in [2.05, 4.69) is 42.3 Å². The van der Waals surface area contributed by atoms with E-state index >= 15 is 0 Å². The second-order valence-corrected chi connectivity index (χ2v) is 6.21. The summed E-state index contributed by atoms with van der Waals surface area (Å²) >= 11 is 0. The van der Waals surface area contributed by atoms with Crippen molar-refractivity contribution in [2.75, 3.05) is 13.6 Å². The van der Waals surface area contributed by atoms with Crippen LogP contribution in [0.15, 0.2) is 34.7 Å². The first-order chi connectivity index (χ1) is 10.2. The zero-order chi connectivity index (χ0) is 14.8. The fourth-order valence-corrected chi connectivity index (χ4v) is 3.60. The van der Waals surface area contributed by atoms with Crippen LogP contribution in [-0.4, -0.2) is 30.6 Å². The first-order valence-electron chi connectivity index (χ1n) is 8.14. The third kappa shape index (κ3) is 2.85. The Bertz CT molecular complexity index is 559. The molecule has 0 saturated carbocycles. The lowest BCUT2D eigenvalue weighted by Crippen LogP contribution is -2.40. The highest BCUT2D eigenvalue weighted by Crippen LogP contribution is 2.30. The fraction of sp³-hybridized carbons (Fsp3) is 0.556. The molecule has 3 unspecified atom stereocenters. The Morgan fingerprint density at radius 2 is 2.14 bits per heavy atom. The zero-order valence-electron chi connectivity index (χ0n) is 13.3. The minimum absolute atomic E-state index is 0.256. The highest BCUT2D eigenvalue weighted by molar-refractivity contribution is 5.77. The predicted octanol–water partition coefficient (Wildman–Crippen LogP) is 3.96. The number of para-hydroxylation sites is 1. The van der Waals surface area contributed by atoms with Gasteiger partial charge in [-0.15, -0.1) is 0 Å². The minimum atomic E-state index is 0.256. The molecule has 114 valence electrons. The molecule has 1 aromatic heterocycles. The van der Waals surface area contributed by atoms with Crippen molar-refractivity contribution >= 4 is 11.0 Å². The maximum Gasteiger partial charge on any atom is 0.134 e. The maximum atomic E-state index is 6.05. The molecule has 1 aliphatic heterocycles. The summed E-state index contributed by atoms with van der Waals surface area (Å²) in [7, 11) is 2.03. The van der Waals surface area contributed by atoms with Crippen LogP contribution in [0.4, 0.5) is 0 Å². The molecular formula is C18H26N2O. The Hall–Kier alpha value is -1.32. The molecule has 0 amide bonds. The molecule has 2 heterocycles. The van der Waals surface area contributed by atoms with Crippen molar-refractivity contribution < 1.29 is 4.42 Å². The lowest BCUT2D eigenvalue weighted by Gasteiger charge is -2.30. The molecule has 3 heteroatoms. The summed E-state index contributed by atoms with van der Waals surface area (Å²) in [5.41, 5.74) is 0.981. The average molecular weight is 286 g/mol. The van der Waals surface area contributed by atoms with Crippen LogP contribution in [0.2, 0.25) is 0 Å². The van der Waals surface area contributed by atoms with Crippen molar-refractivity contribution in [1.82, 2.24) is 10.2 Å². The molecular weight excluding hydrogens is 260 g/mol. The van der Waals surface area contributed by atoms with Gasteiger partial charge >= 0.3 is 0 Å². The fourth-order valence-electron chi connectivity index (χ4n) is 3.60. The van der Waals surface area contributed by atoms with Gasteiger partial charge in [0, 0.05) is 24.0 Å². The standard InChI is InChI=1S/C18H26N2O/c1-4-15-10-9-13(2)20(15)12-16(19-3)18-11-14-7-5-6-8-17(14)21-18/h5-8,11,13,15-16,19H,4,9-10,12H2,1-3H3. The smallest absolute Gasteiger partial charge is 0.134 e. The van der Waals surface area contributed by atoms with Gasteiger partial charge in [0.25, 0.3) is 0 Å². The predicted molar refractivity (Wildman–Crippen MR) is 87.5 cm³/mol. The van der Waals surface area contributed by atoms with E-state index in [1.807, 2.05) is 19.2 Å². The normalized spacial score (nSPS) is 24.7. The summed E-state index contributed by atoms with van der Waals surface area (Å²) in [5.74, 6) is 1.05. The number of furan rings is 1. The van der Waals surface area contributed by atoms with Crippen LogP contribution >= 0.6 is 0 Å². The molecule has 3 rings (SSSR count). The second-order valence-electron chi connectivity index (χ2n) is 6.21. The van der Waals surface area contributed by atoms with Crippen LogP contribution in [-0.2, 0) is 0 Å². The first-order valence-corrected chi connectivity index (χ1v) is 8.14. The topological polar surface area (TPSA) is 28.4 Å². The number of benzene rings is 1. The Morgan fingerprint density at radius 3 is 2.86 bits per heavy atom. The van der Waals surface area contributed by atoms with Gasteiger partial charge in [0.2, 0.25) is 0 Å². The Labute approximate surface area is 127 Å². The number of fused-ring (bicyclic) bond motifs is 1. The van der Waals surface area contributed by atoms with Crippen molar-refractivity contribution in [2.45, 2.75) is 51.2 Å². The van der Waals surface area contributed by atoms with Crippen molar-refractivity contribution in [2.24, 2.45) is 0 Å². The van der Waals surface area contributed by atoms with Gasteiger partial charge in [0.05, 0.1) is 6.04 Å². The number of hydrogen-bond acceptors (Lipinski definition) is 3. The first kappa shape index (κ1) is 14.6. The van der Waals surface area contributed by atoms with Gasteiger partial charge in [-0.25, -0.2) is 0 Å². The van der Waals surface area contributed by atoms with Crippen LogP contribution in [0.3, 0.4) is 0 Å². The Kier molecular flexibility index (Phi) is 4.32. The molecule has 0 aliphatic carbocycles. The summed E-state index contributed by atoms with van der Waals surface area (Å²) in [6.45, 7) is 5.67. The number of likely N-dealkylation sites (N-methyl/N-ethyl adjacent to an activating group) is 1. The van der Waals surface area contributed by atoms with E-state index < -0.39 is 0 Å². The van der Waals surface area contributed by atoms with E-state index in [-0.39, 0.29) is 6.04 Å². The zero-order valence-corrected chi connectivity index (χ0v) is 13.3. The lowest BCUT2D eigenvalue weighted by atomic mass is 10.1. The van der Waals surface area contributed by atoms with Crippen LogP contribution in [0.1, 0.15) is 44.9 Å². The minimum Gasteiger partial charge on any atom is -0.459 e. The van der Waals surface area contributed by atoms with Gasteiger partial charge in [-0.05, 0) is 45.4 Å². The maximum absolute atomic E-state index is 6.05. The molecule has 1 saturated heterocycles. The summed E-state index contributed by atoms with van der Waals surface area (Å²) in [6, 6.07) is 12.1. The molecule has 1 aromatic carbocycles. The highest BCUT2D eigenvalue weighted by Gasteiger charge is 2.31. The van der Waals surface area contributed by atoms with E-state index in [0.29, 0.717) is 6.04 Å². The van der Waals surface area contributed by atoms with Crippen LogP contribution < -0.4 is 5.32 Å². The van der Waals surface area contributed by atoms with E-state index in [9.17, 15) is 0 Å². The molecule has 2 aromatic rings. The third-order valence-corrected chi connectivity index (χ3v) is 4.95. The van der Waals surface area contributed by atoms with E-state index in [4.69, 9.17) is 4.42 Å². The molecule has 0 spiro atoms. The van der Waals surface area contributed by atoms with E-state index in [1.54, 1.807) is 0 Å². The van der Waals surface area contributed by atoms with Gasteiger partial charge in [-0.2, -0.15) is 0 Å². The number of nitrogens with zero attached hydrogens (tertiary/aromatic N) is 1. The van der Waals surface area contributed by atoms with Gasteiger partial charge in [-0.1, -0.05) is 25.1 Å². The number of likely N-dealkylation sites (tertiary alicyclic amines) is 1. The van der Waals surface area contributed by atoms with E-state index in [1.165, 1.54) is 24.6 Å². The van der Waals surface area contributed by atoms with Crippen LogP contribution in [0.25, 0.3) is 11.0 Å². The molecule has 21 heavy (non-hydrogen) atoms. The van der Waals surface area contributed by atoms with Crippen LogP contribution in [0, 0.1) is 0 Å². The van der Waals surface area contributed by atoms with Gasteiger partial charge in [0.1, 0.15) is 11.3 Å². The Balaban J connectivity index is 1.81. The molecule has 0 bridgehead atoms. The van der Waals surface area contributed by atoms with Crippen molar-refractivity contribution in [3.05, 3.63) is 36.1 Å². The number of nitrogens with one attached hydrogen (secondary N) is 1. The largest absolute Gasteiger partial charge is 0.459 e. The number of rotatable bonds is 5. The van der Waals surface area contributed by atoms with Crippen molar-refractivity contribution in [3.8, 4) is 0 Å². The van der Waals surface area contributed by atoms with E-state index in [0.717, 1.165) is 23.9 Å². The molecule has 3 atom stereocenters. The van der Waals surface area contributed by atoms with Gasteiger partial charge in [-0.3, -0.25) is 4.90 Å². The quantitative estimate of drug-likeness (QED) is 0.902.